The second-order valence-electron chi connectivity index (χ2n) is 7.30. The summed E-state index contributed by atoms with van der Waals surface area (Å²) in [5.41, 5.74) is -0.114. The average Bonchev–Trinajstić information content (AvgIpc) is 2.77. The SMILES string of the molecule is CCn1c(N2CCC[C@@H](C(=O)Nc3cc(OC)cc(OC)c3)C2)cc(=O)n(C)c1=O. The van der Waals surface area contributed by atoms with Gasteiger partial charge in [0.1, 0.15) is 17.3 Å². The topological polar surface area (TPSA) is 94.8 Å². The van der Waals surface area contributed by atoms with Crippen LogP contribution in [-0.4, -0.2) is 42.4 Å². The minimum Gasteiger partial charge on any atom is -0.497 e. The molecule has 0 unspecified atom stereocenters. The van der Waals surface area contributed by atoms with E-state index in [2.05, 4.69) is 5.32 Å². The molecule has 0 radical (unpaired) electrons. The van der Waals surface area contributed by atoms with Crippen molar-refractivity contribution in [1.29, 1.82) is 0 Å². The highest BCUT2D eigenvalue weighted by atomic mass is 16.5. The minimum atomic E-state index is -0.352. The van der Waals surface area contributed by atoms with Crippen molar-refractivity contribution in [2.75, 3.05) is 37.5 Å². The van der Waals surface area contributed by atoms with Crippen LogP contribution in [0.2, 0.25) is 0 Å². The first-order valence-electron chi connectivity index (χ1n) is 9.97. The predicted molar refractivity (Wildman–Crippen MR) is 115 cm³/mol. The highest BCUT2D eigenvalue weighted by molar-refractivity contribution is 5.93. The molecule has 3 rings (SSSR count). The van der Waals surface area contributed by atoms with Crippen LogP contribution in [0.1, 0.15) is 19.8 Å². The second-order valence-corrected chi connectivity index (χ2v) is 7.30. The Labute approximate surface area is 174 Å². The van der Waals surface area contributed by atoms with Crippen molar-refractivity contribution in [1.82, 2.24) is 9.13 Å². The molecular weight excluding hydrogens is 388 g/mol. The lowest BCUT2D eigenvalue weighted by molar-refractivity contribution is -0.120. The van der Waals surface area contributed by atoms with Gasteiger partial charge in [-0.05, 0) is 19.8 Å². The van der Waals surface area contributed by atoms with Crippen LogP contribution in [0.5, 0.6) is 11.5 Å². The van der Waals surface area contributed by atoms with Crippen molar-refractivity contribution in [2.24, 2.45) is 13.0 Å². The maximum atomic E-state index is 12.9. The van der Waals surface area contributed by atoms with E-state index in [1.807, 2.05) is 11.8 Å². The van der Waals surface area contributed by atoms with Crippen LogP contribution in [0.15, 0.2) is 33.9 Å². The van der Waals surface area contributed by atoms with E-state index in [-0.39, 0.29) is 23.1 Å². The number of aromatic nitrogens is 2. The van der Waals surface area contributed by atoms with Crippen molar-refractivity contribution in [3.63, 3.8) is 0 Å². The Bertz CT molecular complexity index is 1020. The molecule has 1 aliphatic heterocycles. The van der Waals surface area contributed by atoms with Gasteiger partial charge in [-0.3, -0.25) is 18.7 Å². The van der Waals surface area contributed by atoms with E-state index in [1.54, 1.807) is 37.0 Å². The highest BCUT2D eigenvalue weighted by Crippen LogP contribution is 2.27. The van der Waals surface area contributed by atoms with Gasteiger partial charge in [-0.2, -0.15) is 0 Å². The van der Waals surface area contributed by atoms with Gasteiger partial charge < -0.3 is 19.7 Å². The van der Waals surface area contributed by atoms with Gasteiger partial charge in [-0.25, -0.2) is 4.79 Å². The number of carbonyl (C=O) groups excluding carboxylic acids is 1. The smallest absolute Gasteiger partial charge is 0.332 e. The fourth-order valence-electron chi connectivity index (χ4n) is 3.74. The van der Waals surface area contributed by atoms with E-state index in [1.165, 1.54) is 13.1 Å². The molecule has 9 nitrogen and oxygen atoms in total. The molecule has 1 aromatic carbocycles. The Morgan fingerprint density at radius 2 is 1.80 bits per heavy atom. The summed E-state index contributed by atoms with van der Waals surface area (Å²) in [7, 11) is 4.57. The van der Waals surface area contributed by atoms with Crippen molar-refractivity contribution in [3.8, 4) is 11.5 Å². The number of nitrogens with zero attached hydrogens (tertiary/aromatic N) is 3. The number of piperidine rings is 1. The highest BCUT2D eigenvalue weighted by Gasteiger charge is 2.28. The summed E-state index contributed by atoms with van der Waals surface area (Å²) >= 11 is 0. The van der Waals surface area contributed by atoms with Crippen molar-refractivity contribution < 1.29 is 14.3 Å². The first-order valence-corrected chi connectivity index (χ1v) is 9.97. The summed E-state index contributed by atoms with van der Waals surface area (Å²) < 4.78 is 13.2. The molecule has 2 aromatic rings. The van der Waals surface area contributed by atoms with Gasteiger partial charge >= 0.3 is 5.69 Å². The predicted octanol–water partition coefficient (Wildman–Crippen LogP) is 1.44. The monoisotopic (exact) mass is 416 g/mol. The number of carbonyl (C=O) groups is 1. The largest absolute Gasteiger partial charge is 0.497 e. The molecule has 1 aromatic heterocycles. The van der Waals surface area contributed by atoms with Crippen LogP contribution < -0.4 is 30.9 Å². The lowest BCUT2D eigenvalue weighted by Gasteiger charge is -2.34. The number of ether oxygens (including phenoxy) is 2. The Kier molecular flexibility index (Phi) is 6.49. The summed E-state index contributed by atoms with van der Waals surface area (Å²) in [6.07, 6.45) is 1.51. The normalized spacial score (nSPS) is 16.3. The molecule has 162 valence electrons. The number of rotatable bonds is 6. The molecule has 0 aliphatic carbocycles. The molecule has 1 aliphatic rings. The fraction of sp³-hybridized carbons (Fsp3) is 0.476. The molecule has 1 fully saturated rings. The number of anilines is 2. The van der Waals surface area contributed by atoms with E-state index in [0.29, 0.717) is 42.6 Å². The number of benzene rings is 1. The molecule has 1 amide bonds. The fourth-order valence-corrected chi connectivity index (χ4v) is 3.74. The van der Waals surface area contributed by atoms with Crippen molar-refractivity contribution in [2.45, 2.75) is 26.3 Å². The number of hydrogen-bond acceptors (Lipinski definition) is 6. The summed E-state index contributed by atoms with van der Waals surface area (Å²) in [5, 5.41) is 2.93. The van der Waals surface area contributed by atoms with E-state index >= 15 is 0 Å². The Hall–Kier alpha value is -3.23. The van der Waals surface area contributed by atoms with E-state index in [0.717, 1.165) is 17.4 Å². The molecule has 1 N–H and O–H groups in total. The van der Waals surface area contributed by atoms with Crippen molar-refractivity contribution in [3.05, 3.63) is 45.1 Å². The van der Waals surface area contributed by atoms with Crippen molar-refractivity contribution >= 4 is 17.4 Å². The summed E-state index contributed by atoms with van der Waals surface area (Å²) in [6.45, 7) is 3.42. The molecule has 1 saturated heterocycles. The number of methoxy groups -OCH3 is 2. The number of hydrogen-bond donors (Lipinski definition) is 1. The van der Waals surface area contributed by atoms with Gasteiger partial charge in [0.25, 0.3) is 5.56 Å². The van der Waals surface area contributed by atoms with E-state index < -0.39 is 0 Å². The Morgan fingerprint density at radius 1 is 1.13 bits per heavy atom. The molecular formula is C21H28N4O5. The van der Waals surface area contributed by atoms with Gasteiger partial charge in [-0.1, -0.05) is 0 Å². The van der Waals surface area contributed by atoms with E-state index in [9.17, 15) is 14.4 Å². The summed E-state index contributed by atoms with van der Waals surface area (Å²) in [6, 6.07) is 6.67. The molecule has 1 atom stereocenters. The lowest BCUT2D eigenvalue weighted by atomic mass is 9.97. The first kappa shape index (κ1) is 21.5. The zero-order valence-electron chi connectivity index (χ0n) is 17.8. The van der Waals surface area contributed by atoms with Gasteiger partial charge in [0.05, 0.1) is 20.1 Å². The third-order valence-corrected chi connectivity index (χ3v) is 5.43. The maximum Gasteiger partial charge on any atom is 0.332 e. The number of amides is 1. The summed E-state index contributed by atoms with van der Waals surface area (Å²) in [4.78, 5) is 39.5. The molecule has 9 heteroatoms. The van der Waals surface area contributed by atoms with Crippen LogP contribution >= 0.6 is 0 Å². The third kappa shape index (κ3) is 4.34. The van der Waals surface area contributed by atoms with Gasteiger partial charge in [0.2, 0.25) is 5.91 Å². The van der Waals surface area contributed by atoms with Crippen LogP contribution in [-0.2, 0) is 18.4 Å². The number of nitrogens with one attached hydrogen (secondary N) is 1. The van der Waals surface area contributed by atoms with Crippen LogP contribution in [0.25, 0.3) is 0 Å². The third-order valence-electron chi connectivity index (χ3n) is 5.43. The van der Waals surface area contributed by atoms with Crippen LogP contribution in [0.3, 0.4) is 0 Å². The van der Waals surface area contributed by atoms with Crippen LogP contribution in [0, 0.1) is 5.92 Å². The molecule has 2 heterocycles. The van der Waals surface area contributed by atoms with Crippen LogP contribution in [0.4, 0.5) is 11.5 Å². The second kappa shape index (κ2) is 9.06. The van der Waals surface area contributed by atoms with Gasteiger partial charge in [0, 0.05) is 56.6 Å². The molecule has 0 spiro atoms. The van der Waals surface area contributed by atoms with E-state index in [4.69, 9.17) is 9.47 Å². The minimum absolute atomic E-state index is 0.121. The molecule has 0 saturated carbocycles. The first-order chi connectivity index (χ1) is 14.4. The maximum absolute atomic E-state index is 12.9. The molecule has 30 heavy (non-hydrogen) atoms. The van der Waals surface area contributed by atoms with Gasteiger partial charge in [-0.15, -0.1) is 0 Å². The quantitative estimate of drug-likeness (QED) is 0.766. The average molecular weight is 416 g/mol. The lowest BCUT2D eigenvalue weighted by Crippen LogP contribution is -2.46. The standard InChI is InChI=1S/C21H28N4O5/c1-5-25-18(12-19(26)23(2)21(25)28)24-8-6-7-14(13-24)20(27)22-15-9-16(29-3)11-17(10-15)30-4/h9-12,14H,5-8,13H2,1-4H3,(H,22,27)/t14-/m1/s1. The Morgan fingerprint density at radius 3 is 2.40 bits per heavy atom. The summed E-state index contributed by atoms with van der Waals surface area (Å²) in [5.74, 6) is 1.33. The van der Waals surface area contributed by atoms with Gasteiger partial charge in [0.15, 0.2) is 0 Å². The zero-order valence-corrected chi connectivity index (χ0v) is 17.8. The zero-order chi connectivity index (χ0) is 21.8. The molecule has 0 bridgehead atoms. The Balaban J connectivity index is 1.81.